The lowest BCUT2D eigenvalue weighted by Gasteiger charge is -2.37. The van der Waals surface area contributed by atoms with Crippen LogP contribution in [-0.4, -0.2) is 35.5 Å². The summed E-state index contributed by atoms with van der Waals surface area (Å²) in [5.74, 6) is 0.903. The van der Waals surface area contributed by atoms with Crippen molar-refractivity contribution in [1.82, 2.24) is 10.2 Å². The molecule has 0 spiro atoms. The number of hydrogen-bond acceptors (Lipinski definition) is 2. The molecule has 19 heavy (non-hydrogen) atoms. The molecule has 3 heteroatoms. The van der Waals surface area contributed by atoms with Gasteiger partial charge in [0.05, 0.1) is 6.04 Å². The highest BCUT2D eigenvalue weighted by atomic mass is 16.2. The molecule has 2 fully saturated rings. The summed E-state index contributed by atoms with van der Waals surface area (Å²) >= 11 is 0. The molecule has 3 nitrogen and oxygen atoms in total. The van der Waals surface area contributed by atoms with E-state index in [4.69, 9.17) is 0 Å². The fourth-order valence-corrected chi connectivity index (χ4v) is 3.45. The van der Waals surface area contributed by atoms with Gasteiger partial charge >= 0.3 is 0 Å². The van der Waals surface area contributed by atoms with Crippen LogP contribution in [0.4, 0.5) is 0 Å². The highest BCUT2D eigenvalue weighted by Gasteiger charge is 2.35. The summed E-state index contributed by atoms with van der Waals surface area (Å²) in [6.07, 6.45) is 8.72. The average molecular weight is 266 g/mol. The lowest BCUT2D eigenvalue weighted by molar-refractivity contribution is -0.134. The van der Waals surface area contributed by atoms with Crippen molar-refractivity contribution in [3.05, 3.63) is 0 Å². The van der Waals surface area contributed by atoms with E-state index in [2.05, 4.69) is 31.0 Å². The average Bonchev–Trinajstić information content (AvgIpc) is 2.89. The predicted molar refractivity (Wildman–Crippen MR) is 79.1 cm³/mol. The first kappa shape index (κ1) is 14.8. The standard InChI is InChI=1S/C16H30N2O/c1-16(2,3)17-14(13-9-5-4-6-10-13)15(19)18-11-7-8-12-18/h13-14,17H,4-12H2,1-3H3/t14-/m0/s1. The maximum absolute atomic E-state index is 12.8. The fourth-order valence-electron chi connectivity index (χ4n) is 3.45. The van der Waals surface area contributed by atoms with Crippen LogP contribution < -0.4 is 5.32 Å². The Morgan fingerprint density at radius 1 is 1.05 bits per heavy atom. The van der Waals surface area contributed by atoms with E-state index in [9.17, 15) is 4.79 Å². The number of nitrogens with zero attached hydrogens (tertiary/aromatic N) is 1. The molecule has 1 aliphatic heterocycles. The van der Waals surface area contributed by atoms with Crippen LogP contribution in [-0.2, 0) is 4.79 Å². The second kappa shape index (κ2) is 6.25. The molecule has 1 saturated carbocycles. The third kappa shape index (κ3) is 4.20. The molecular weight excluding hydrogens is 236 g/mol. The van der Waals surface area contributed by atoms with E-state index in [0.29, 0.717) is 11.8 Å². The van der Waals surface area contributed by atoms with Crippen molar-refractivity contribution in [1.29, 1.82) is 0 Å². The molecule has 1 N–H and O–H groups in total. The molecule has 2 aliphatic rings. The Kier molecular flexibility index (Phi) is 4.88. The summed E-state index contributed by atoms with van der Waals surface area (Å²) in [6, 6.07) is 0.0402. The lowest BCUT2D eigenvalue weighted by Crippen LogP contribution is -2.55. The fraction of sp³-hybridized carbons (Fsp3) is 0.938. The summed E-state index contributed by atoms with van der Waals surface area (Å²) in [4.78, 5) is 14.9. The summed E-state index contributed by atoms with van der Waals surface area (Å²) < 4.78 is 0. The van der Waals surface area contributed by atoms with Crippen LogP contribution in [0, 0.1) is 5.92 Å². The van der Waals surface area contributed by atoms with E-state index in [1.54, 1.807) is 0 Å². The van der Waals surface area contributed by atoms with E-state index >= 15 is 0 Å². The lowest BCUT2D eigenvalue weighted by atomic mass is 9.82. The Hall–Kier alpha value is -0.570. The molecule has 0 aromatic rings. The summed E-state index contributed by atoms with van der Waals surface area (Å²) in [5, 5.41) is 3.61. The number of amides is 1. The highest BCUT2D eigenvalue weighted by molar-refractivity contribution is 5.82. The van der Waals surface area contributed by atoms with Gasteiger partial charge in [-0.2, -0.15) is 0 Å². The van der Waals surface area contributed by atoms with Crippen LogP contribution in [0.1, 0.15) is 65.7 Å². The van der Waals surface area contributed by atoms with Crippen molar-refractivity contribution >= 4 is 5.91 Å². The molecule has 1 saturated heterocycles. The molecule has 1 heterocycles. The van der Waals surface area contributed by atoms with Gasteiger partial charge in [-0.05, 0) is 52.4 Å². The van der Waals surface area contributed by atoms with Gasteiger partial charge in [0.25, 0.3) is 0 Å². The summed E-state index contributed by atoms with van der Waals surface area (Å²) in [6.45, 7) is 8.43. The third-order valence-corrected chi connectivity index (χ3v) is 4.39. The monoisotopic (exact) mass is 266 g/mol. The van der Waals surface area contributed by atoms with Gasteiger partial charge in [-0.15, -0.1) is 0 Å². The van der Waals surface area contributed by atoms with Gasteiger partial charge in [0.15, 0.2) is 0 Å². The smallest absolute Gasteiger partial charge is 0.240 e. The van der Waals surface area contributed by atoms with Crippen molar-refractivity contribution in [2.75, 3.05) is 13.1 Å². The van der Waals surface area contributed by atoms with E-state index in [1.807, 2.05) is 0 Å². The molecule has 1 aliphatic carbocycles. The van der Waals surface area contributed by atoms with Gasteiger partial charge in [0, 0.05) is 18.6 Å². The van der Waals surface area contributed by atoms with Crippen LogP contribution >= 0.6 is 0 Å². The molecular formula is C16H30N2O. The van der Waals surface area contributed by atoms with Crippen molar-refractivity contribution < 1.29 is 4.79 Å². The van der Waals surface area contributed by atoms with Gasteiger partial charge in [-0.25, -0.2) is 0 Å². The minimum absolute atomic E-state index is 0.0114. The van der Waals surface area contributed by atoms with E-state index in [-0.39, 0.29) is 11.6 Å². The van der Waals surface area contributed by atoms with Crippen molar-refractivity contribution in [3.63, 3.8) is 0 Å². The first-order valence-corrected chi connectivity index (χ1v) is 8.04. The number of hydrogen-bond donors (Lipinski definition) is 1. The minimum atomic E-state index is 0.0114. The maximum Gasteiger partial charge on any atom is 0.240 e. The summed E-state index contributed by atoms with van der Waals surface area (Å²) in [5.41, 5.74) is 0.0114. The molecule has 2 rings (SSSR count). The highest BCUT2D eigenvalue weighted by Crippen LogP contribution is 2.29. The Bertz CT molecular complexity index is 296. The summed E-state index contributed by atoms with van der Waals surface area (Å²) in [7, 11) is 0. The molecule has 110 valence electrons. The largest absolute Gasteiger partial charge is 0.341 e. The zero-order valence-corrected chi connectivity index (χ0v) is 12.9. The van der Waals surface area contributed by atoms with E-state index in [0.717, 1.165) is 13.1 Å². The normalized spacial score (nSPS) is 23.6. The molecule has 1 amide bonds. The SMILES string of the molecule is CC(C)(C)N[C@H](C(=O)N1CCCC1)C1CCCCC1. The molecule has 0 radical (unpaired) electrons. The predicted octanol–water partition coefficient (Wildman–Crippen LogP) is 2.95. The van der Waals surface area contributed by atoms with E-state index in [1.165, 1.54) is 44.9 Å². The maximum atomic E-state index is 12.8. The number of carbonyl (C=O) groups excluding carboxylic acids is 1. The van der Waals surface area contributed by atoms with Gasteiger partial charge in [0.1, 0.15) is 0 Å². The Morgan fingerprint density at radius 3 is 2.16 bits per heavy atom. The van der Waals surface area contributed by atoms with Crippen LogP contribution in [0.3, 0.4) is 0 Å². The second-order valence-corrected chi connectivity index (χ2v) is 7.30. The number of carbonyl (C=O) groups is 1. The van der Waals surface area contributed by atoms with Crippen LogP contribution in [0.5, 0.6) is 0 Å². The van der Waals surface area contributed by atoms with Gasteiger partial charge in [-0.3, -0.25) is 4.79 Å². The third-order valence-electron chi connectivity index (χ3n) is 4.39. The minimum Gasteiger partial charge on any atom is -0.341 e. The molecule has 0 unspecified atom stereocenters. The van der Waals surface area contributed by atoms with Crippen molar-refractivity contribution in [2.24, 2.45) is 5.92 Å². The molecule has 0 aromatic carbocycles. The van der Waals surface area contributed by atoms with Crippen molar-refractivity contribution in [2.45, 2.75) is 77.3 Å². The first-order valence-electron chi connectivity index (χ1n) is 8.04. The molecule has 0 aromatic heterocycles. The number of rotatable bonds is 3. The van der Waals surface area contributed by atoms with Gasteiger partial charge < -0.3 is 10.2 Å². The van der Waals surface area contributed by atoms with E-state index < -0.39 is 0 Å². The Balaban J connectivity index is 2.05. The van der Waals surface area contributed by atoms with Crippen LogP contribution in [0.2, 0.25) is 0 Å². The molecule has 1 atom stereocenters. The number of likely N-dealkylation sites (tertiary alicyclic amines) is 1. The zero-order chi connectivity index (χ0) is 13.9. The van der Waals surface area contributed by atoms with Gasteiger partial charge in [0.2, 0.25) is 5.91 Å². The van der Waals surface area contributed by atoms with Crippen LogP contribution in [0.25, 0.3) is 0 Å². The Labute approximate surface area is 118 Å². The number of nitrogens with one attached hydrogen (secondary N) is 1. The van der Waals surface area contributed by atoms with Gasteiger partial charge in [-0.1, -0.05) is 19.3 Å². The first-order chi connectivity index (χ1) is 8.97. The second-order valence-electron chi connectivity index (χ2n) is 7.30. The molecule has 0 bridgehead atoms. The zero-order valence-electron chi connectivity index (χ0n) is 12.9. The quantitative estimate of drug-likeness (QED) is 0.852. The Morgan fingerprint density at radius 2 is 1.63 bits per heavy atom. The van der Waals surface area contributed by atoms with Crippen molar-refractivity contribution in [3.8, 4) is 0 Å². The topological polar surface area (TPSA) is 32.3 Å². The van der Waals surface area contributed by atoms with Crippen LogP contribution in [0.15, 0.2) is 0 Å².